The smallest absolute Gasteiger partial charge is 0.122 e. The molecule has 0 aliphatic carbocycles. The third kappa shape index (κ3) is 4.17. The molecule has 0 spiro atoms. The Labute approximate surface area is 92.0 Å². The summed E-state index contributed by atoms with van der Waals surface area (Å²) in [5.74, 6) is 0.980. The fourth-order valence-electron chi connectivity index (χ4n) is 1.40. The lowest BCUT2D eigenvalue weighted by Crippen LogP contribution is -2.11. The van der Waals surface area contributed by atoms with Crippen molar-refractivity contribution in [3.8, 4) is 5.75 Å². The monoisotopic (exact) mass is 205 g/mol. The predicted octanol–water partition coefficient (Wildman–Crippen LogP) is 2.40. The minimum absolute atomic E-state index is 0.759. The molecule has 0 amide bonds. The van der Waals surface area contributed by atoms with Gasteiger partial charge in [-0.25, -0.2) is 0 Å². The summed E-state index contributed by atoms with van der Waals surface area (Å²) in [4.78, 5) is 0. The Morgan fingerprint density at radius 2 is 2.20 bits per heavy atom. The third-order valence-electron chi connectivity index (χ3n) is 2.17. The van der Waals surface area contributed by atoms with E-state index in [4.69, 9.17) is 4.74 Å². The Morgan fingerprint density at radius 1 is 1.40 bits per heavy atom. The van der Waals surface area contributed by atoms with Crippen molar-refractivity contribution < 1.29 is 4.74 Å². The molecule has 0 heterocycles. The Balaban J connectivity index is 2.47. The van der Waals surface area contributed by atoms with E-state index >= 15 is 0 Å². The van der Waals surface area contributed by atoms with Gasteiger partial charge in [0.25, 0.3) is 0 Å². The molecule has 1 aromatic rings. The lowest BCUT2D eigenvalue weighted by atomic mass is 10.1. The summed E-state index contributed by atoms with van der Waals surface area (Å²) < 4.78 is 5.70. The summed E-state index contributed by atoms with van der Waals surface area (Å²) in [7, 11) is 1.95. The summed E-state index contributed by atoms with van der Waals surface area (Å²) in [6.07, 6.45) is 3.79. The molecule has 0 unspecified atom stereocenters. The van der Waals surface area contributed by atoms with Crippen LogP contribution in [0.1, 0.15) is 12.0 Å². The second-order valence-corrected chi connectivity index (χ2v) is 3.41. The van der Waals surface area contributed by atoms with Crippen LogP contribution in [0, 0.1) is 0 Å². The average molecular weight is 205 g/mol. The zero-order valence-corrected chi connectivity index (χ0v) is 9.33. The van der Waals surface area contributed by atoms with Crippen LogP contribution in [0.25, 0.3) is 0 Å². The van der Waals surface area contributed by atoms with Gasteiger partial charge in [0.15, 0.2) is 0 Å². The molecule has 15 heavy (non-hydrogen) atoms. The molecule has 0 fully saturated rings. The van der Waals surface area contributed by atoms with Crippen molar-refractivity contribution in [3.63, 3.8) is 0 Å². The highest BCUT2D eigenvalue weighted by Gasteiger charge is 1.99. The highest BCUT2D eigenvalue weighted by Crippen LogP contribution is 2.18. The van der Waals surface area contributed by atoms with Gasteiger partial charge in [-0.05, 0) is 38.1 Å². The van der Waals surface area contributed by atoms with Gasteiger partial charge in [0.2, 0.25) is 0 Å². The van der Waals surface area contributed by atoms with E-state index in [1.165, 1.54) is 5.56 Å². The maximum Gasteiger partial charge on any atom is 0.122 e. The molecule has 0 saturated carbocycles. The van der Waals surface area contributed by atoms with Crippen LogP contribution >= 0.6 is 0 Å². The van der Waals surface area contributed by atoms with Gasteiger partial charge in [0.05, 0.1) is 6.61 Å². The first-order valence-corrected chi connectivity index (χ1v) is 5.34. The Kier molecular flexibility index (Phi) is 5.56. The van der Waals surface area contributed by atoms with Crippen molar-refractivity contribution in [1.29, 1.82) is 0 Å². The van der Waals surface area contributed by atoms with Crippen LogP contribution in [0.2, 0.25) is 0 Å². The van der Waals surface area contributed by atoms with Crippen LogP contribution < -0.4 is 10.1 Å². The fourth-order valence-corrected chi connectivity index (χ4v) is 1.40. The highest BCUT2D eigenvalue weighted by molar-refractivity contribution is 5.34. The first-order valence-electron chi connectivity index (χ1n) is 5.34. The van der Waals surface area contributed by atoms with E-state index in [2.05, 4.69) is 18.0 Å². The summed E-state index contributed by atoms with van der Waals surface area (Å²) in [6, 6.07) is 8.12. The number of para-hydroxylation sites is 1. The third-order valence-corrected chi connectivity index (χ3v) is 2.17. The lowest BCUT2D eigenvalue weighted by Gasteiger charge is -2.09. The second kappa shape index (κ2) is 7.07. The minimum Gasteiger partial charge on any atom is -0.493 e. The number of hydrogen-bond donors (Lipinski definition) is 1. The molecule has 0 aliphatic heterocycles. The van der Waals surface area contributed by atoms with Crippen LogP contribution in [0.4, 0.5) is 0 Å². The number of nitrogens with one attached hydrogen (secondary N) is 1. The molecule has 0 saturated heterocycles. The van der Waals surface area contributed by atoms with Crippen molar-refractivity contribution in [2.24, 2.45) is 0 Å². The summed E-state index contributed by atoms with van der Waals surface area (Å²) in [6.45, 7) is 5.49. The quantitative estimate of drug-likeness (QED) is 0.545. The maximum absolute atomic E-state index is 5.70. The molecule has 0 atom stereocenters. The van der Waals surface area contributed by atoms with Gasteiger partial charge < -0.3 is 10.1 Å². The molecule has 1 rings (SSSR count). The second-order valence-electron chi connectivity index (χ2n) is 3.41. The van der Waals surface area contributed by atoms with Crippen molar-refractivity contribution >= 4 is 0 Å². The standard InChI is InChI=1S/C13H19NO/c1-3-7-12-8-4-5-9-13(12)15-11-6-10-14-2/h3-5,8-9,14H,1,6-7,10-11H2,2H3. The highest BCUT2D eigenvalue weighted by atomic mass is 16.5. The molecule has 0 aromatic heterocycles. The van der Waals surface area contributed by atoms with E-state index in [9.17, 15) is 0 Å². The zero-order chi connectivity index (χ0) is 10.9. The Hall–Kier alpha value is -1.28. The maximum atomic E-state index is 5.70. The van der Waals surface area contributed by atoms with Gasteiger partial charge in [0, 0.05) is 0 Å². The van der Waals surface area contributed by atoms with Gasteiger partial charge in [-0.15, -0.1) is 6.58 Å². The Bertz CT molecular complexity index is 296. The number of hydrogen-bond acceptors (Lipinski definition) is 2. The average Bonchev–Trinajstić information content (AvgIpc) is 2.27. The summed E-state index contributed by atoms with van der Waals surface area (Å²) >= 11 is 0. The van der Waals surface area contributed by atoms with E-state index < -0.39 is 0 Å². The largest absolute Gasteiger partial charge is 0.493 e. The molecule has 2 nitrogen and oxygen atoms in total. The molecular weight excluding hydrogens is 186 g/mol. The van der Waals surface area contributed by atoms with Crippen molar-refractivity contribution in [2.75, 3.05) is 20.2 Å². The van der Waals surface area contributed by atoms with Gasteiger partial charge in [-0.1, -0.05) is 24.3 Å². The van der Waals surface area contributed by atoms with Crippen molar-refractivity contribution in [1.82, 2.24) is 5.32 Å². The van der Waals surface area contributed by atoms with E-state index in [1.54, 1.807) is 0 Å². The summed E-state index contributed by atoms with van der Waals surface area (Å²) in [5.41, 5.74) is 1.21. The van der Waals surface area contributed by atoms with Crippen LogP contribution in [0.15, 0.2) is 36.9 Å². The number of benzene rings is 1. The van der Waals surface area contributed by atoms with Gasteiger partial charge >= 0.3 is 0 Å². The number of rotatable bonds is 7. The molecule has 1 aromatic carbocycles. The Morgan fingerprint density at radius 3 is 2.93 bits per heavy atom. The van der Waals surface area contributed by atoms with Gasteiger partial charge in [-0.3, -0.25) is 0 Å². The number of allylic oxidation sites excluding steroid dienone is 1. The first kappa shape index (κ1) is 11.8. The van der Waals surface area contributed by atoms with Crippen LogP contribution in [-0.2, 0) is 6.42 Å². The van der Waals surface area contributed by atoms with Crippen LogP contribution in [0.5, 0.6) is 5.75 Å². The molecule has 2 heteroatoms. The topological polar surface area (TPSA) is 21.3 Å². The van der Waals surface area contributed by atoms with E-state index in [0.29, 0.717) is 0 Å². The normalized spacial score (nSPS) is 9.93. The summed E-state index contributed by atoms with van der Waals surface area (Å²) in [5, 5.41) is 3.10. The molecule has 1 N–H and O–H groups in total. The van der Waals surface area contributed by atoms with E-state index in [-0.39, 0.29) is 0 Å². The van der Waals surface area contributed by atoms with Gasteiger partial charge in [-0.2, -0.15) is 0 Å². The fraction of sp³-hybridized carbons (Fsp3) is 0.385. The van der Waals surface area contributed by atoms with E-state index in [1.807, 2.05) is 31.3 Å². The molecule has 0 radical (unpaired) electrons. The van der Waals surface area contributed by atoms with Crippen molar-refractivity contribution in [3.05, 3.63) is 42.5 Å². The van der Waals surface area contributed by atoms with Crippen LogP contribution in [-0.4, -0.2) is 20.2 Å². The molecule has 0 aliphatic rings. The molecular formula is C13H19NO. The molecule has 82 valence electrons. The van der Waals surface area contributed by atoms with Crippen LogP contribution in [0.3, 0.4) is 0 Å². The van der Waals surface area contributed by atoms with Crippen molar-refractivity contribution in [2.45, 2.75) is 12.8 Å². The number of ether oxygens (including phenoxy) is 1. The van der Waals surface area contributed by atoms with Gasteiger partial charge in [0.1, 0.15) is 5.75 Å². The first-order chi connectivity index (χ1) is 7.38. The molecule has 0 bridgehead atoms. The lowest BCUT2D eigenvalue weighted by molar-refractivity contribution is 0.307. The SMILES string of the molecule is C=CCc1ccccc1OCCCNC. The minimum atomic E-state index is 0.759. The van der Waals surface area contributed by atoms with E-state index in [0.717, 1.165) is 31.7 Å². The predicted molar refractivity (Wildman–Crippen MR) is 64.4 cm³/mol. The zero-order valence-electron chi connectivity index (χ0n) is 9.33.